The van der Waals surface area contributed by atoms with Crippen LogP contribution in [0, 0.1) is 0 Å². The van der Waals surface area contributed by atoms with E-state index in [9.17, 15) is 4.79 Å². The summed E-state index contributed by atoms with van der Waals surface area (Å²) < 4.78 is 1.73. The van der Waals surface area contributed by atoms with Crippen LogP contribution in [0.3, 0.4) is 0 Å². The van der Waals surface area contributed by atoms with Crippen LogP contribution in [-0.4, -0.2) is 21.7 Å². The zero-order chi connectivity index (χ0) is 15.2. The monoisotopic (exact) mass is 305 g/mol. The van der Waals surface area contributed by atoms with Gasteiger partial charge < -0.3 is 5.32 Å². The smallest absolute Gasteiger partial charge is 0.254 e. The fourth-order valence-electron chi connectivity index (χ4n) is 2.13. The average Bonchev–Trinajstić information content (AvgIpc) is 2.95. The maximum absolute atomic E-state index is 12.1. The van der Waals surface area contributed by atoms with Gasteiger partial charge in [-0.05, 0) is 24.5 Å². The van der Waals surface area contributed by atoms with Crippen molar-refractivity contribution < 1.29 is 4.79 Å². The number of aromatic nitrogens is 2. The summed E-state index contributed by atoms with van der Waals surface area (Å²) in [5.41, 5.74) is 1.56. The number of halogens is 1. The summed E-state index contributed by atoms with van der Waals surface area (Å²) in [6.07, 6.45) is 5.20. The summed E-state index contributed by atoms with van der Waals surface area (Å²) in [5.74, 6) is -0.0749. The second kappa shape index (κ2) is 7.27. The number of nitrogens with one attached hydrogen (secondary N) is 1. The molecule has 0 spiro atoms. The van der Waals surface area contributed by atoms with Crippen LogP contribution in [0.25, 0.3) is 0 Å². The highest BCUT2D eigenvalue weighted by Crippen LogP contribution is 2.16. The topological polar surface area (TPSA) is 46.9 Å². The number of nitrogens with zero attached hydrogens (tertiary/aromatic N) is 2. The van der Waals surface area contributed by atoms with Crippen molar-refractivity contribution in [1.82, 2.24) is 15.1 Å². The van der Waals surface area contributed by atoms with Crippen molar-refractivity contribution in [2.75, 3.05) is 0 Å². The Morgan fingerprint density at radius 3 is 2.71 bits per heavy atom. The highest BCUT2D eigenvalue weighted by molar-refractivity contribution is 6.31. The van der Waals surface area contributed by atoms with Crippen LogP contribution in [0.15, 0.2) is 36.7 Å². The summed E-state index contributed by atoms with van der Waals surface area (Å²) in [7, 11) is 0. The maximum atomic E-state index is 12.1. The van der Waals surface area contributed by atoms with E-state index >= 15 is 0 Å². The van der Waals surface area contributed by atoms with Crippen molar-refractivity contribution in [3.63, 3.8) is 0 Å². The van der Waals surface area contributed by atoms with Gasteiger partial charge in [-0.2, -0.15) is 5.10 Å². The lowest BCUT2D eigenvalue weighted by Gasteiger charge is -2.13. The van der Waals surface area contributed by atoms with E-state index in [4.69, 9.17) is 11.6 Å². The number of amides is 1. The predicted molar refractivity (Wildman–Crippen MR) is 84.6 cm³/mol. The van der Waals surface area contributed by atoms with Crippen molar-refractivity contribution >= 4 is 17.5 Å². The SMILES string of the molecule is CCC(CC)NC(=O)c1cnn(Cc2ccccc2Cl)c1. The minimum Gasteiger partial charge on any atom is -0.349 e. The third-order valence-corrected chi connectivity index (χ3v) is 3.88. The van der Waals surface area contributed by atoms with Crippen molar-refractivity contribution in [1.29, 1.82) is 0 Å². The van der Waals surface area contributed by atoms with E-state index in [0.29, 0.717) is 17.1 Å². The van der Waals surface area contributed by atoms with Gasteiger partial charge in [-0.15, -0.1) is 0 Å². The van der Waals surface area contributed by atoms with Crippen LogP contribution in [0.5, 0.6) is 0 Å². The molecule has 0 radical (unpaired) electrons. The molecule has 5 heteroatoms. The molecule has 112 valence electrons. The molecule has 0 saturated carbocycles. The molecule has 1 N–H and O–H groups in total. The molecule has 1 heterocycles. The Hall–Kier alpha value is -1.81. The third-order valence-electron chi connectivity index (χ3n) is 3.51. The normalized spacial score (nSPS) is 10.9. The van der Waals surface area contributed by atoms with Gasteiger partial charge in [0.1, 0.15) is 0 Å². The van der Waals surface area contributed by atoms with Gasteiger partial charge in [-0.3, -0.25) is 9.48 Å². The highest BCUT2D eigenvalue weighted by Gasteiger charge is 2.12. The molecule has 0 fully saturated rings. The van der Waals surface area contributed by atoms with E-state index in [1.165, 1.54) is 0 Å². The van der Waals surface area contributed by atoms with Crippen LogP contribution in [0.4, 0.5) is 0 Å². The Balaban J connectivity index is 2.04. The minimum atomic E-state index is -0.0749. The number of carbonyl (C=O) groups excluding carboxylic acids is 1. The van der Waals surface area contributed by atoms with Crippen LogP contribution in [-0.2, 0) is 6.54 Å². The first-order valence-electron chi connectivity index (χ1n) is 7.20. The van der Waals surface area contributed by atoms with Crippen LogP contribution in [0.1, 0.15) is 42.6 Å². The largest absolute Gasteiger partial charge is 0.349 e. The van der Waals surface area contributed by atoms with Crippen molar-refractivity contribution in [3.8, 4) is 0 Å². The fraction of sp³-hybridized carbons (Fsp3) is 0.375. The summed E-state index contributed by atoms with van der Waals surface area (Å²) in [6, 6.07) is 7.84. The second-order valence-corrected chi connectivity index (χ2v) is 5.41. The van der Waals surface area contributed by atoms with E-state index < -0.39 is 0 Å². The predicted octanol–water partition coefficient (Wildman–Crippen LogP) is 3.50. The van der Waals surface area contributed by atoms with Crippen LogP contribution in [0.2, 0.25) is 5.02 Å². The molecule has 1 aromatic heterocycles. The maximum Gasteiger partial charge on any atom is 0.254 e. The van der Waals surface area contributed by atoms with E-state index in [0.717, 1.165) is 18.4 Å². The van der Waals surface area contributed by atoms with E-state index in [1.54, 1.807) is 17.1 Å². The number of carbonyl (C=O) groups is 1. The van der Waals surface area contributed by atoms with Crippen molar-refractivity contribution in [2.24, 2.45) is 0 Å². The zero-order valence-corrected chi connectivity index (χ0v) is 13.1. The van der Waals surface area contributed by atoms with Gasteiger partial charge in [0.2, 0.25) is 0 Å². The number of benzene rings is 1. The number of hydrogen-bond acceptors (Lipinski definition) is 2. The number of hydrogen-bond donors (Lipinski definition) is 1. The van der Waals surface area contributed by atoms with E-state index in [2.05, 4.69) is 24.3 Å². The molecule has 4 nitrogen and oxygen atoms in total. The Kier molecular flexibility index (Phi) is 5.39. The third kappa shape index (κ3) is 4.08. The van der Waals surface area contributed by atoms with Gasteiger partial charge in [0.05, 0.1) is 18.3 Å². The van der Waals surface area contributed by atoms with E-state index in [1.807, 2.05) is 24.3 Å². The Labute approximate surface area is 130 Å². The van der Waals surface area contributed by atoms with Gasteiger partial charge in [-0.25, -0.2) is 0 Å². The first-order valence-corrected chi connectivity index (χ1v) is 7.58. The molecule has 0 atom stereocenters. The van der Waals surface area contributed by atoms with Crippen LogP contribution < -0.4 is 5.32 Å². The number of rotatable bonds is 6. The summed E-state index contributed by atoms with van der Waals surface area (Å²) in [4.78, 5) is 12.1. The van der Waals surface area contributed by atoms with Crippen molar-refractivity contribution in [3.05, 3.63) is 52.8 Å². The molecule has 2 aromatic rings. The Bertz CT molecular complexity index is 605. The molecular formula is C16H20ClN3O. The fourth-order valence-corrected chi connectivity index (χ4v) is 2.33. The lowest BCUT2D eigenvalue weighted by atomic mass is 10.1. The molecule has 0 saturated heterocycles. The standard InChI is InChI=1S/C16H20ClN3O/c1-3-14(4-2)19-16(21)13-9-18-20(11-13)10-12-7-5-6-8-15(12)17/h5-9,11,14H,3-4,10H2,1-2H3,(H,19,21). The first kappa shape index (κ1) is 15.6. The molecule has 2 rings (SSSR count). The highest BCUT2D eigenvalue weighted by atomic mass is 35.5. The summed E-state index contributed by atoms with van der Waals surface area (Å²) >= 11 is 6.13. The lowest BCUT2D eigenvalue weighted by molar-refractivity contribution is 0.0935. The van der Waals surface area contributed by atoms with Gasteiger partial charge in [0.15, 0.2) is 0 Å². The summed E-state index contributed by atoms with van der Waals surface area (Å²) in [5, 5.41) is 7.94. The van der Waals surface area contributed by atoms with Gasteiger partial charge in [0, 0.05) is 17.3 Å². The molecule has 1 aromatic carbocycles. The van der Waals surface area contributed by atoms with Gasteiger partial charge in [-0.1, -0.05) is 43.6 Å². The quantitative estimate of drug-likeness (QED) is 0.888. The molecular weight excluding hydrogens is 286 g/mol. The molecule has 0 aliphatic rings. The minimum absolute atomic E-state index is 0.0749. The van der Waals surface area contributed by atoms with Gasteiger partial charge >= 0.3 is 0 Å². The van der Waals surface area contributed by atoms with Gasteiger partial charge in [0.25, 0.3) is 5.91 Å². The Morgan fingerprint density at radius 2 is 2.05 bits per heavy atom. The molecule has 0 unspecified atom stereocenters. The molecule has 0 aliphatic heterocycles. The first-order chi connectivity index (χ1) is 10.1. The lowest BCUT2D eigenvalue weighted by Crippen LogP contribution is -2.33. The Morgan fingerprint density at radius 1 is 1.33 bits per heavy atom. The van der Waals surface area contributed by atoms with Crippen molar-refractivity contribution in [2.45, 2.75) is 39.3 Å². The van der Waals surface area contributed by atoms with Crippen LogP contribution >= 0.6 is 11.6 Å². The zero-order valence-electron chi connectivity index (χ0n) is 12.3. The van der Waals surface area contributed by atoms with E-state index in [-0.39, 0.29) is 11.9 Å². The molecule has 0 aliphatic carbocycles. The molecule has 21 heavy (non-hydrogen) atoms. The molecule has 0 bridgehead atoms. The summed E-state index contributed by atoms with van der Waals surface area (Å²) in [6.45, 7) is 4.68. The average molecular weight is 306 g/mol. The second-order valence-electron chi connectivity index (χ2n) is 5.00. The molecule has 1 amide bonds.